The number of carbonyl (C=O) groups excluding carboxylic acids is 1. The summed E-state index contributed by atoms with van der Waals surface area (Å²) < 4.78 is 54.2. The van der Waals surface area contributed by atoms with Crippen LogP contribution >= 0.6 is 0 Å². The number of benzene rings is 1. The monoisotopic (exact) mass is 524 g/mol. The SMILES string of the molecule is CC(C)(C(N)=O)N1CCC(CNc2ncnc(N(Cc3ccc(C(F)(F)F)cc3)C3CC3)c2F)[C@@H](O)C1. The van der Waals surface area contributed by atoms with Crippen molar-refractivity contribution in [1.82, 2.24) is 14.9 Å². The summed E-state index contributed by atoms with van der Waals surface area (Å²) in [7, 11) is 0. The van der Waals surface area contributed by atoms with E-state index in [1.807, 2.05) is 4.90 Å². The number of rotatable bonds is 9. The summed E-state index contributed by atoms with van der Waals surface area (Å²) in [4.78, 5) is 23.5. The third-order valence-electron chi connectivity index (χ3n) is 7.31. The third-order valence-corrected chi connectivity index (χ3v) is 7.31. The molecule has 2 aromatic rings. The molecule has 0 spiro atoms. The number of aromatic nitrogens is 2. The van der Waals surface area contributed by atoms with Crippen molar-refractivity contribution in [2.24, 2.45) is 11.7 Å². The Morgan fingerprint density at radius 2 is 1.86 bits per heavy atom. The predicted molar refractivity (Wildman–Crippen MR) is 130 cm³/mol. The van der Waals surface area contributed by atoms with Crippen LogP contribution in [0.5, 0.6) is 0 Å². The number of aliphatic hydroxyl groups excluding tert-OH is 1. The predicted octanol–water partition coefficient (Wildman–Crippen LogP) is 3.16. The van der Waals surface area contributed by atoms with Crippen LogP contribution in [0.3, 0.4) is 0 Å². The number of likely N-dealkylation sites (tertiary alicyclic amines) is 1. The zero-order valence-electron chi connectivity index (χ0n) is 20.8. The first-order valence-electron chi connectivity index (χ1n) is 12.3. The smallest absolute Gasteiger partial charge is 0.391 e. The zero-order valence-corrected chi connectivity index (χ0v) is 20.8. The van der Waals surface area contributed by atoms with Crippen molar-refractivity contribution < 1.29 is 27.5 Å². The molecule has 4 N–H and O–H groups in total. The molecule has 2 aliphatic rings. The van der Waals surface area contributed by atoms with E-state index in [9.17, 15) is 23.1 Å². The zero-order chi connectivity index (χ0) is 27.0. The molecule has 8 nitrogen and oxygen atoms in total. The molecule has 2 fully saturated rings. The number of nitrogens with two attached hydrogens (primary N) is 1. The van der Waals surface area contributed by atoms with E-state index < -0.39 is 35.1 Å². The number of β-amino-alcohol motifs (C(OH)–C–C–N with tert-alkyl or cyclic N) is 1. The lowest BCUT2D eigenvalue weighted by Gasteiger charge is -2.43. The van der Waals surface area contributed by atoms with Crippen LogP contribution in [-0.4, -0.2) is 63.2 Å². The van der Waals surface area contributed by atoms with Crippen LogP contribution in [0, 0.1) is 11.7 Å². The number of piperidine rings is 1. The van der Waals surface area contributed by atoms with Crippen molar-refractivity contribution in [3.05, 3.63) is 47.5 Å². The van der Waals surface area contributed by atoms with Gasteiger partial charge in [-0.05, 0) is 57.4 Å². The molecule has 1 aliphatic heterocycles. The van der Waals surface area contributed by atoms with Gasteiger partial charge in [-0.1, -0.05) is 12.1 Å². The van der Waals surface area contributed by atoms with Crippen LogP contribution in [0.25, 0.3) is 0 Å². The number of nitrogens with zero attached hydrogens (tertiary/aromatic N) is 4. The van der Waals surface area contributed by atoms with Gasteiger partial charge in [-0.15, -0.1) is 0 Å². The highest BCUT2D eigenvalue weighted by molar-refractivity contribution is 5.83. The van der Waals surface area contributed by atoms with Gasteiger partial charge < -0.3 is 21.1 Å². The molecule has 4 rings (SSSR count). The molecule has 12 heteroatoms. The first-order chi connectivity index (χ1) is 17.4. The Morgan fingerprint density at radius 1 is 1.19 bits per heavy atom. The summed E-state index contributed by atoms with van der Waals surface area (Å²) in [6.07, 6.45) is -1.68. The second-order valence-electron chi connectivity index (χ2n) is 10.3. The van der Waals surface area contributed by atoms with Gasteiger partial charge in [0.05, 0.1) is 17.2 Å². The molecular formula is C25H32F4N6O2. The van der Waals surface area contributed by atoms with Gasteiger partial charge in [-0.25, -0.2) is 9.97 Å². The summed E-state index contributed by atoms with van der Waals surface area (Å²) in [6, 6.07) is 4.86. The number of hydrogen-bond donors (Lipinski definition) is 3. The van der Waals surface area contributed by atoms with Crippen LogP contribution in [0.4, 0.5) is 29.2 Å². The molecule has 1 amide bonds. The first-order valence-corrected chi connectivity index (χ1v) is 12.3. The summed E-state index contributed by atoms with van der Waals surface area (Å²) in [5.41, 5.74) is 4.48. The van der Waals surface area contributed by atoms with Crippen LogP contribution in [0.2, 0.25) is 0 Å². The minimum atomic E-state index is -4.42. The van der Waals surface area contributed by atoms with E-state index >= 15 is 4.39 Å². The van der Waals surface area contributed by atoms with Crippen molar-refractivity contribution in [2.75, 3.05) is 29.9 Å². The number of primary amides is 1. The Morgan fingerprint density at radius 3 is 2.43 bits per heavy atom. The lowest BCUT2D eigenvalue weighted by molar-refractivity contribution is -0.137. The second-order valence-corrected chi connectivity index (χ2v) is 10.3. The maximum Gasteiger partial charge on any atom is 0.416 e. The summed E-state index contributed by atoms with van der Waals surface area (Å²) in [5.74, 6) is -1.23. The third kappa shape index (κ3) is 6.12. The molecule has 0 bridgehead atoms. The van der Waals surface area contributed by atoms with Gasteiger partial charge >= 0.3 is 6.18 Å². The topological polar surface area (TPSA) is 108 Å². The second kappa shape index (κ2) is 10.4. The number of nitrogens with one attached hydrogen (secondary N) is 1. The summed E-state index contributed by atoms with van der Waals surface area (Å²) in [5, 5.41) is 13.6. The van der Waals surface area contributed by atoms with Gasteiger partial charge in [0.25, 0.3) is 0 Å². The summed E-state index contributed by atoms with van der Waals surface area (Å²) >= 11 is 0. The Labute approximate surface area is 212 Å². The molecular weight excluding hydrogens is 492 g/mol. The first kappa shape index (κ1) is 27.1. The quantitative estimate of drug-likeness (QED) is 0.433. The normalized spacial score (nSPS) is 21.1. The lowest BCUT2D eigenvalue weighted by Crippen LogP contribution is -2.59. The van der Waals surface area contributed by atoms with Gasteiger partial charge in [0, 0.05) is 31.6 Å². The number of hydrogen-bond acceptors (Lipinski definition) is 7. The Bertz CT molecular complexity index is 1110. The van der Waals surface area contributed by atoms with Crippen molar-refractivity contribution >= 4 is 17.5 Å². The number of carbonyl (C=O) groups is 1. The molecule has 1 unspecified atom stereocenters. The highest BCUT2D eigenvalue weighted by Crippen LogP contribution is 2.35. The fraction of sp³-hybridized carbons (Fsp3) is 0.560. The summed E-state index contributed by atoms with van der Waals surface area (Å²) in [6.45, 7) is 4.73. The van der Waals surface area contributed by atoms with Gasteiger partial charge in [0.1, 0.15) is 6.33 Å². The van der Waals surface area contributed by atoms with Gasteiger partial charge in [-0.2, -0.15) is 17.6 Å². The van der Waals surface area contributed by atoms with Gasteiger partial charge in [0.15, 0.2) is 11.6 Å². The Kier molecular flexibility index (Phi) is 7.61. The average Bonchev–Trinajstić information content (AvgIpc) is 3.68. The molecule has 1 aromatic carbocycles. The molecule has 1 aliphatic carbocycles. The van der Waals surface area contributed by atoms with Crippen molar-refractivity contribution in [3.8, 4) is 0 Å². The highest BCUT2D eigenvalue weighted by Gasteiger charge is 2.39. The molecule has 202 valence electrons. The van der Waals surface area contributed by atoms with Crippen LogP contribution in [0.15, 0.2) is 30.6 Å². The molecule has 2 heterocycles. The van der Waals surface area contributed by atoms with Crippen molar-refractivity contribution in [2.45, 2.75) is 63.5 Å². The minimum absolute atomic E-state index is 0.00448. The van der Waals surface area contributed by atoms with Crippen molar-refractivity contribution in [1.29, 1.82) is 0 Å². The molecule has 37 heavy (non-hydrogen) atoms. The van der Waals surface area contributed by atoms with Crippen LogP contribution in [-0.2, 0) is 17.5 Å². The lowest BCUT2D eigenvalue weighted by atomic mass is 9.89. The van der Waals surface area contributed by atoms with Gasteiger partial charge in [-0.3, -0.25) is 9.69 Å². The maximum atomic E-state index is 15.5. The van der Waals surface area contributed by atoms with Crippen LogP contribution in [0.1, 0.15) is 44.2 Å². The standard InChI is InChI=1S/C25H32F4N6O2/c1-24(2,23(30)37)34-10-9-16(19(36)13-34)11-31-21-20(26)22(33-14-32-21)35(18-7-8-18)12-15-3-5-17(6-4-15)25(27,28)29/h3-6,14,16,18-19,36H,7-13H2,1-2H3,(H2,30,37)(H,31,32,33)/t16?,19-/m0/s1. The maximum absolute atomic E-state index is 15.5. The van der Waals surface area contributed by atoms with Gasteiger partial charge in [0.2, 0.25) is 11.7 Å². The van der Waals surface area contributed by atoms with E-state index in [0.29, 0.717) is 18.5 Å². The minimum Gasteiger partial charge on any atom is -0.391 e. The van der Waals surface area contributed by atoms with E-state index in [4.69, 9.17) is 5.73 Å². The molecule has 1 saturated carbocycles. The Balaban J connectivity index is 1.43. The van der Waals surface area contributed by atoms with E-state index in [1.165, 1.54) is 18.5 Å². The molecule has 1 aromatic heterocycles. The Hall–Kier alpha value is -2.99. The molecule has 2 atom stereocenters. The number of alkyl halides is 3. The van der Waals surface area contributed by atoms with E-state index in [2.05, 4.69) is 15.3 Å². The number of anilines is 2. The fourth-order valence-corrected chi connectivity index (χ4v) is 4.55. The van der Waals surface area contributed by atoms with E-state index in [-0.39, 0.29) is 43.2 Å². The van der Waals surface area contributed by atoms with E-state index in [0.717, 1.165) is 25.0 Å². The van der Waals surface area contributed by atoms with E-state index in [1.54, 1.807) is 18.7 Å². The number of aliphatic hydroxyl groups is 1. The van der Waals surface area contributed by atoms with Crippen LogP contribution < -0.4 is 16.0 Å². The largest absolute Gasteiger partial charge is 0.416 e. The number of amides is 1. The fourth-order valence-electron chi connectivity index (χ4n) is 4.55. The molecule has 1 saturated heterocycles. The molecule has 0 radical (unpaired) electrons. The van der Waals surface area contributed by atoms with Crippen molar-refractivity contribution in [3.63, 3.8) is 0 Å². The average molecular weight is 525 g/mol. The number of halogens is 4. The highest BCUT2D eigenvalue weighted by atomic mass is 19.4.